The molecule has 12 nitrogen and oxygen atoms in total. The summed E-state index contributed by atoms with van der Waals surface area (Å²) in [7, 11) is 0. The average Bonchev–Trinajstić information content (AvgIpc) is 2.71. The molecule has 6 N–H and O–H groups in total. The van der Waals surface area contributed by atoms with Gasteiger partial charge < -0.3 is 31.1 Å². The zero-order chi connectivity index (χ0) is 22.4. The van der Waals surface area contributed by atoms with Gasteiger partial charge in [-0.25, -0.2) is 4.79 Å². The Bertz CT molecular complexity index is 975. The second kappa shape index (κ2) is 9.45. The molecule has 158 valence electrons. The zero-order valence-electron chi connectivity index (χ0n) is 15.2. The maximum Gasteiger partial charge on any atom is 0.339 e. The highest BCUT2D eigenvalue weighted by Gasteiger charge is 2.26. The zero-order valence-corrected chi connectivity index (χ0v) is 15.2. The summed E-state index contributed by atoms with van der Waals surface area (Å²) in [5.74, 6) is -4.43. The summed E-state index contributed by atoms with van der Waals surface area (Å²) in [4.78, 5) is 45.0. The van der Waals surface area contributed by atoms with Crippen molar-refractivity contribution in [1.29, 1.82) is 0 Å². The van der Waals surface area contributed by atoms with Crippen LogP contribution in [0.5, 0.6) is 5.75 Å². The summed E-state index contributed by atoms with van der Waals surface area (Å²) in [6, 6.07) is 6.57. The number of aromatic hydroxyl groups is 1. The Morgan fingerprint density at radius 2 is 1.70 bits per heavy atom. The van der Waals surface area contributed by atoms with Crippen LogP contribution in [0.2, 0.25) is 0 Å². The normalized spacial score (nSPS) is 12.5. The Labute approximate surface area is 168 Å². The Morgan fingerprint density at radius 1 is 1.07 bits per heavy atom. The number of carbonyl (C=O) groups excluding carboxylic acids is 2. The van der Waals surface area contributed by atoms with Gasteiger partial charge in [-0.3, -0.25) is 19.7 Å². The molecule has 0 radical (unpaired) electrons. The molecule has 2 amide bonds. The van der Waals surface area contributed by atoms with Crippen molar-refractivity contribution in [3.05, 3.63) is 63.7 Å². The number of aliphatic hydroxyl groups excluding tert-OH is 2. The van der Waals surface area contributed by atoms with Gasteiger partial charge in [0.2, 0.25) is 0 Å². The smallest absolute Gasteiger partial charge is 0.339 e. The molecule has 0 unspecified atom stereocenters. The monoisotopic (exact) mass is 419 g/mol. The fourth-order valence-electron chi connectivity index (χ4n) is 2.46. The van der Waals surface area contributed by atoms with Crippen molar-refractivity contribution in [1.82, 2.24) is 5.32 Å². The molecule has 0 aliphatic rings. The van der Waals surface area contributed by atoms with Gasteiger partial charge in [-0.1, -0.05) is 0 Å². The second-order valence-corrected chi connectivity index (χ2v) is 6.05. The molecule has 0 bridgehead atoms. The van der Waals surface area contributed by atoms with Crippen molar-refractivity contribution < 1.29 is 39.7 Å². The van der Waals surface area contributed by atoms with Crippen LogP contribution in [0, 0.1) is 10.1 Å². The Kier molecular flexibility index (Phi) is 7.01. The van der Waals surface area contributed by atoms with Gasteiger partial charge in [0.15, 0.2) is 0 Å². The number of nitrogens with zero attached hydrogens (tertiary/aromatic N) is 1. The van der Waals surface area contributed by atoms with E-state index >= 15 is 0 Å². The number of amides is 2. The molecular formula is C18H17N3O9. The number of hydrogen-bond acceptors (Lipinski definition) is 8. The van der Waals surface area contributed by atoms with Crippen molar-refractivity contribution in [2.75, 3.05) is 11.9 Å². The lowest BCUT2D eigenvalue weighted by molar-refractivity contribution is -0.384. The van der Waals surface area contributed by atoms with E-state index in [1.807, 2.05) is 0 Å². The van der Waals surface area contributed by atoms with Gasteiger partial charge in [0.05, 0.1) is 17.6 Å². The number of rotatable bonds is 7. The van der Waals surface area contributed by atoms with Crippen LogP contribution in [0.4, 0.5) is 11.4 Å². The van der Waals surface area contributed by atoms with Crippen LogP contribution in [0.15, 0.2) is 42.5 Å². The van der Waals surface area contributed by atoms with Crippen LogP contribution in [0.25, 0.3) is 0 Å². The van der Waals surface area contributed by atoms with Gasteiger partial charge >= 0.3 is 17.8 Å². The Morgan fingerprint density at radius 3 is 2.20 bits per heavy atom. The van der Waals surface area contributed by atoms with Crippen LogP contribution in [0.3, 0.4) is 0 Å². The number of anilines is 1. The SMILES string of the molecule is O=C(Nc1ccc(C(=O)O)c(O)c1)C(=O)N[C@H](CO)[C@H](O)c1ccc([N+](=O)[O-])cc1. The third-order valence-electron chi connectivity index (χ3n) is 4.03. The molecule has 0 saturated heterocycles. The number of nitro benzene ring substituents is 1. The van der Waals surface area contributed by atoms with Gasteiger partial charge in [0.25, 0.3) is 5.69 Å². The molecule has 0 saturated carbocycles. The van der Waals surface area contributed by atoms with Crippen molar-refractivity contribution in [2.24, 2.45) is 0 Å². The van der Waals surface area contributed by atoms with E-state index in [1.54, 1.807) is 0 Å². The molecule has 2 aromatic carbocycles. The van der Waals surface area contributed by atoms with E-state index in [1.165, 1.54) is 12.1 Å². The second-order valence-electron chi connectivity index (χ2n) is 6.05. The number of carbonyl (C=O) groups is 3. The van der Waals surface area contributed by atoms with Crippen LogP contribution < -0.4 is 10.6 Å². The lowest BCUT2D eigenvalue weighted by Crippen LogP contribution is -2.46. The third-order valence-corrected chi connectivity index (χ3v) is 4.03. The number of carboxylic acid groups (broad SMARTS) is 1. The number of nitro groups is 1. The molecule has 0 heterocycles. The topological polar surface area (TPSA) is 199 Å². The maximum absolute atomic E-state index is 12.1. The molecule has 30 heavy (non-hydrogen) atoms. The molecular weight excluding hydrogens is 402 g/mol. The van der Waals surface area contributed by atoms with Crippen LogP contribution in [0.1, 0.15) is 22.0 Å². The van der Waals surface area contributed by atoms with E-state index in [4.69, 9.17) is 5.11 Å². The first-order valence-electron chi connectivity index (χ1n) is 8.35. The van der Waals surface area contributed by atoms with Crippen molar-refractivity contribution >= 4 is 29.2 Å². The minimum atomic E-state index is -1.47. The van der Waals surface area contributed by atoms with Crippen molar-refractivity contribution in [2.45, 2.75) is 12.1 Å². The van der Waals surface area contributed by atoms with Gasteiger partial charge in [-0.2, -0.15) is 0 Å². The van der Waals surface area contributed by atoms with E-state index < -0.39 is 52.8 Å². The largest absolute Gasteiger partial charge is 0.507 e. The molecule has 2 atom stereocenters. The van der Waals surface area contributed by atoms with E-state index in [-0.39, 0.29) is 16.9 Å². The lowest BCUT2D eigenvalue weighted by atomic mass is 10.0. The minimum absolute atomic E-state index is 0.0610. The summed E-state index contributed by atoms with van der Waals surface area (Å²) in [5, 5.41) is 53.1. The van der Waals surface area contributed by atoms with E-state index in [9.17, 15) is 39.8 Å². The highest BCUT2D eigenvalue weighted by atomic mass is 16.6. The number of nitrogens with one attached hydrogen (secondary N) is 2. The predicted molar refractivity (Wildman–Crippen MR) is 101 cm³/mol. The Hall–Kier alpha value is -4.03. The maximum atomic E-state index is 12.1. The number of carboxylic acids is 1. The summed E-state index contributed by atoms with van der Waals surface area (Å²) in [6.45, 7) is -0.745. The summed E-state index contributed by atoms with van der Waals surface area (Å²) >= 11 is 0. The van der Waals surface area contributed by atoms with Crippen molar-refractivity contribution in [3.8, 4) is 5.75 Å². The number of aliphatic hydroxyl groups is 2. The standard InChI is InChI=1S/C18H17N3O9/c22-8-13(15(24)9-1-4-11(5-2-9)21(29)30)20-17(26)16(25)19-10-3-6-12(18(27)28)14(23)7-10/h1-7,13,15,22-24H,8H2,(H,19,25)(H,20,26)(H,27,28)/t13-,15-/m1/s1. The van der Waals surface area contributed by atoms with E-state index in [2.05, 4.69) is 10.6 Å². The van der Waals surface area contributed by atoms with Gasteiger partial charge in [0, 0.05) is 23.9 Å². The van der Waals surface area contributed by atoms with Gasteiger partial charge in [0.1, 0.15) is 17.4 Å². The molecule has 0 aromatic heterocycles. The van der Waals surface area contributed by atoms with Gasteiger partial charge in [-0.05, 0) is 29.8 Å². The summed E-state index contributed by atoms with van der Waals surface area (Å²) in [5.41, 5.74) is -0.514. The van der Waals surface area contributed by atoms with Crippen LogP contribution >= 0.6 is 0 Å². The predicted octanol–water partition coefficient (Wildman–Crippen LogP) is 0.148. The number of phenols is 1. The number of hydrogen-bond donors (Lipinski definition) is 6. The first-order chi connectivity index (χ1) is 14.1. The van der Waals surface area contributed by atoms with E-state index in [0.29, 0.717) is 0 Å². The van der Waals surface area contributed by atoms with Gasteiger partial charge in [-0.15, -0.1) is 0 Å². The molecule has 2 rings (SSSR count). The number of benzene rings is 2. The van der Waals surface area contributed by atoms with Crippen molar-refractivity contribution in [3.63, 3.8) is 0 Å². The summed E-state index contributed by atoms with van der Waals surface area (Å²) in [6.07, 6.45) is -1.47. The highest BCUT2D eigenvalue weighted by molar-refractivity contribution is 6.39. The molecule has 0 spiro atoms. The van der Waals surface area contributed by atoms with Crippen LogP contribution in [-0.2, 0) is 9.59 Å². The Balaban J connectivity index is 2.04. The minimum Gasteiger partial charge on any atom is -0.507 e. The number of non-ortho nitro benzene ring substituents is 1. The average molecular weight is 419 g/mol. The summed E-state index contributed by atoms with van der Waals surface area (Å²) < 4.78 is 0. The molecule has 12 heteroatoms. The quantitative estimate of drug-likeness (QED) is 0.205. The fraction of sp³-hybridized carbons (Fsp3) is 0.167. The van der Waals surface area contributed by atoms with Crippen LogP contribution in [-0.4, -0.2) is 55.8 Å². The molecule has 0 aliphatic heterocycles. The lowest BCUT2D eigenvalue weighted by Gasteiger charge is -2.22. The number of aromatic carboxylic acids is 1. The molecule has 0 aliphatic carbocycles. The van der Waals surface area contributed by atoms with E-state index in [0.717, 1.165) is 30.3 Å². The molecule has 2 aromatic rings. The first-order valence-corrected chi connectivity index (χ1v) is 8.35. The molecule has 0 fully saturated rings. The third kappa shape index (κ3) is 5.27. The first kappa shape index (κ1) is 22.3. The fourth-order valence-corrected chi connectivity index (χ4v) is 2.46. The highest BCUT2D eigenvalue weighted by Crippen LogP contribution is 2.22.